The molecule has 0 radical (unpaired) electrons. The van der Waals surface area contributed by atoms with Crippen LogP contribution in [0.15, 0.2) is 0 Å². The number of carbonyl (C=O) groups is 1. The molecule has 1 atom stereocenters. The predicted octanol–water partition coefficient (Wildman–Crippen LogP) is 0.530. The van der Waals surface area contributed by atoms with E-state index < -0.39 is 16.3 Å². The first-order chi connectivity index (χ1) is 6.88. The highest BCUT2D eigenvalue weighted by molar-refractivity contribution is 7.87. The molecule has 0 amide bonds. The summed E-state index contributed by atoms with van der Waals surface area (Å²) in [6.07, 6.45) is 0.335. The Morgan fingerprint density at radius 3 is 2.07 bits per heavy atom. The van der Waals surface area contributed by atoms with E-state index >= 15 is 0 Å². The van der Waals surface area contributed by atoms with Crippen LogP contribution in [-0.4, -0.2) is 37.6 Å². The molecule has 1 unspecified atom stereocenters. The van der Waals surface area contributed by atoms with Gasteiger partial charge in [-0.25, -0.2) is 0 Å². The van der Waals surface area contributed by atoms with Gasteiger partial charge in [0, 0.05) is 19.5 Å². The predicted molar refractivity (Wildman–Crippen MR) is 59.7 cm³/mol. The number of nitrogens with one attached hydrogen (secondary N) is 1. The lowest BCUT2D eigenvalue weighted by Crippen LogP contribution is -2.46. The van der Waals surface area contributed by atoms with Gasteiger partial charge in [-0.2, -0.15) is 17.4 Å². The number of hydrogen-bond acceptors (Lipinski definition) is 3. The molecule has 0 heterocycles. The lowest BCUT2D eigenvalue weighted by Gasteiger charge is -2.21. The number of carbonyl (C=O) groups excluding carboxylic acids is 1. The molecule has 0 fully saturated rings. The summed E-state index contributed by atoms with van der Waals surface area (Å²) in [5, 5.41) is 0. The third-order valence-electron chi connectivity index (χ3n) is 2.20. The third-order valence-corrected chi connectivity index (χ3v) is 4.05. The van der Waals surface area contributed by atoms with Crippen LogP contribution in [0.4, 0.5) is 0 Å². The second-order valence-corrected chi connectivity index (χ2v) is 4.95. The molecular weight excluding hydrogens is 216 g/mol. The molecule has 0 aliphatic carbocycles. The van der Waals surface area contributed by atoms with Crippen molar-refractivity contribution in [2.24, 2.45) is 0 Å². The van der Waals surface area contributed by atoms with E-state index in [4.69, 9.17) is 0 Å². The number of ketones is 1. The summed E-state index contributed by atoms with van der Waals surface area (Å²) in [5.41, 5.74) is 0. The molecule has 0 aliphatic rings. The fourth-order valence-corrected chi connectivity index (χ4v) is 2.64. The van der Waals surface area contributed by atoms with Gasteiger partial charge < -0.3 is 0 Å². The molecule has 0 aromatic carbocycles. The summed E-state index contributed by atoms with van der Waals surface area (Å²) in [6, 6.07) is -0.652. The highest BCUT2D eigenvalue weighted by Gasteiger charge is 2.23. The van der Waals surface area contributed by atoms with Gasteiger partial charge in [-0.1, -0.05) is 20.8 Å². The zero-order valence-electron chi connectivity index (χ0n) is 9.78. The summed E-state index contributed by atoms with van der Waals surface area (Å²) in [6.45, 7) is 7.60. The maximum absolute atomic E-state index is 11.7. The summed E-state index contributed by atoms with van der Waals surface area (Å²) < 4.78 is 27.0. The first-order valence-electron chi connectivity index (χ1n) is 5.19. The molecule has 0 aliphatic heterocycles. The number of rotatable bonds is 7. The number of hydrogen-bond donors (Lipinski definition) is 1. The molecule has 0 spiro atoms. The van der Waals surface area contributed by atoms with Gasteiger partial charge in [0.25, 0.3) is 10.2 Å². The van der Waals surface area contributed by atoms with Crippen LogP contribution in [-0.2, 0) is 15.0 Å². The van der Waals surface area contributed by atoms with Gasteiger partial charge in [0.2, 0.25) is 0 Å². The molecule has 15 heavy (non-hydrogen) atoms. The lowest BCUT2D eigenvalue weighted by atomic mass is 10.2. The van der Waals surface area contributed by atoms with Crippen molar-refractivity contribution in [3.63, 3.8) is 0 Å². The average Bonchev–Trinajstić information content (AvgIpc) is 2.17. The molecule has 6 heteroatoms. The maximum Gasteiger partial charge on any atom is 0.280 e. The molecule has 0 saturated heterocycles. The van der Waals surface area contributed by atoms with Gasteiger partial charge in [-0.15, -0.1) is 0 Å². The van der Waals surface area contributed by atoms with Crippen molar-refractivity contribution >= 4 is 16.0 Å². The van der Waals surface area contributed by atoms with Crippen LogP contribution in [0, 0.1) is 0 Å². The van der Waals surface area contributed by atoms with Crippen LogP contribution in [0.2, 0.25) is 0 Å². The number of nitrogens with zero attached hydrogens (tertiary/aromatic N) is 1. The first-order valence-corrected chi connectivity index (χ1v) is 6.63. The Hall–Kier alpha value is -0.460. The normalized spacial score (nSPS) is 14.2. The van der Waals surface area contributed by atoms with Crippen molar-refractivity contribution in [1.29, 1.82) is 0 Å². The Morgan fingerprint density at radius 1 is 1.27 bits per heavy atom. The van der Waals surface area contributed by atoms with Crippen LogP contribution < -0.4 is 4.72 Å². The molecule has 0 aromatic rings. The average molecular weight is 236 g/mol. The van der Waals surface area contributed by atoms with E-state index in [0.717, 1.165) is 0 Å². The molecule has 0 saturated carbocycles. The molecule has 0 aromatic heterocycles. The summed E-state index contributed by atoms with van der Waals surface area (Å²) >= 11 is 0. The first kappa shape index (κ1) is 14.5. The maximum atomic E-state index is 11.7. The Kier molecular flexibility index (Phi) is 6.00. The van der Waals surface area contributed by atoms with E-state index in [1.54, 1.807) is 27.7 Å². The van der Waals surface area contributed by atoms with Gasteiger partial charge in [0.1, 0.15) is 5.78 Å². The van der Waals surface area contributed by atoms with E-state index in [9.17, 15) is 13.2 Å². The zero-order valence-corrected chi connectivity index (χ0v) is 10.6. The highest BCUT2D eigenvalue weighted by atomic mass is 32.2. The van der Waals surface area contributed by atoms with Crippen LogP contribution in [0.5, 0.6) is 0 Å². The van der Waals surface area contributed by atoms with E-state index in [1.807, 2.05) is 0 Å². The molecular formula is C9H20N2O3S. The molecule has 5 nitrogen and oxygen atoms in total. The monoisotopic (exact) mass is 236 g/mol. The fourth-order valence-electron chi connectivity index (χ4n) is 1.23. The third kappa shape index (κ3) is 4.27. The minimum atomic E-state index is -3.51. The SMILES string of the molecule is CCC(=O)C(C)NS(=O)(=O)N(CC)CC. The smallest absolute Gasteiger partial charge is 0.280 e. The van der Waals surface area contributed by atoms with Crippen molar-refractivity contribution in [1.82, 2.24) is 9.03 Å². The molecule has 0 bridgehead atoms. The van der Waals surface area contributed by atoms with Gasteiger partial charge in [0.05, 0.1) is 6.04 Å². The van der Waals surface area contributed by atoms with Gasteiger partial charge >= 0.3 is 0 Å². The largest absolute Gasteiger partial charge is 0.298 e. The van der Waals surface area contributed by atoms with Crippen LogP contribution >= 0.6 is 0 Å². The zero-order chi connectivity index (χ0) is 12.1. The van der Waals surface area contributed by atoms with E-state index in [0.29, 0.717) is 19.5 Å². The van der Waals surface area contributed by atoms with Gasteiger partial charge in [-0.05, 0) is 6.92 Å². The minimum absolute atomic E-state index is 0.106. The second kappa shape index (κ2) is 6.19. The standard InChI is InChI=1S/C9H20N2O3S/c1-5-9(12)8(4)10-15(13,14)11(6-2)7-3/h8,10H,5-7H2,1-4H3. The minimum Gasteiger partial charge on any atom is -0.298 e. The molecule has 1 N–H and O–H groups in total. The van der Waals surface area contributed by atoms with E-state index in [-0.39, 0.29) is 5.78 Å². The van der Waals surface area contributed by atoms with Gasteiger partial charge in [0.15, 0.2) is 0 Å². The quantitative estimate of drug-likeness (QED) is 0.701. The Bertz CT molecular complexity index is 296. The summed E-state index contributed by atoms with van der Waals surface area (Å²) in [5.74, 6) is -0.106. The Labute approximate surface area is 92.0 Å². The highest BCUT2D eigenvalue weighted by Crippen LogP contribution is 2.00. The molecule has 90 valence electrons. The van der Waals surface area contributed by atoms with Crippen LogP contribution in [0.1, 0.15) is 34.1 Å². The van der Waals surface area contributed by atoms with Crippen LogP contribution in [0.25, 0.3) is 0 Å². The summed E-state index contributed by atoms with van der Waals surface area (Å²) in [7, 11) is -3.51. The van der Waals surface area contributed by atoms with Gasteiger partial charge in [-0.3, -0.25) is 4.79 Å². The van der Waals surface area contributed by atoms with Crippen molar-refractivity contribution < 1.29 is 13.2 Å². The van der Waals surface area contributed by atoms with Crippen molar-refractivity contribution in [3.8, 4) is 0 Å². The summed E-state index contributed by atoms with van der Waals surface area (Å²) in [4.78, 5) is 11.2. The Morgan fingerprint density at radius 2 is 1.73 bits per heavy atom. The van der Waals surface area contributed by atoms with Crippen molar-refractivity contribution in [2.45, 2.75) is 40.2 Å². The fraction of sp³-hybridized carbons (Fsp3) is 0.889. The van der Waals surface area contributed by atoms with E-state index in [2.05, 4.69) is 4.72 Å². The van der Waals surface area contributed by atoms with E-state index in [1.165, 1.54) is 4.31 Å². The van der Waals surface area contributed by atoms with Crippen LogP contribution in [0.3, 0.4) is 0 Å². The van der Waals surface area contributed by atoms with Crippen molar-refractivity contribution in [2.75, 3.05) is 13.1 Å². The second-order valence-electron chi connectivity index (χ2n) is 3.25. The Balaban J connectivity index is 4.57. The van der Waals surface area contributed by atoms with Crippen molar-refractivity contribution in [3.05, 3.63) is 0 Å². The topological polar surface area (TPSA) is 66.5 Å². The lowest BCUT2D eigenvalue weighted by molar-refractivity contribution is -0.120. The molecule has 0 rings (SSSR count). The number of Topliss-reactive ketones (excluding diaryl/α,β-unsaturated/α-hetero) is 1.